The van der Waals surface area contributed by atoms with Gasteiger partial charge in [0, 0.05) is 19.7 Å². The molecular weight excluding hydrogens is 174 g/mol. The van der Waals surface area contributed by atoms with Crippen molar-refractivity contribution >= 4 is 0 Å². The maximum Gasteiger partial charge on any atom is 0.0746 e. The minimum Gasteiger partial charge on any atom is -0.377 e. The second kappa shape index (κ2) is 5.13. The van der Waals surface area contributed by atoms with Crippen LogP contribution in [0.2, 0.25) is 0 Å². The summed E-state index contributed by atoms with van der Waals surface area (Å²) < 4.78 is 5.39. The van der Waals surface area contributed by atoms with Gasteiger partial charge in [-0.1, -0.05) is 6.92 Å². The summed E-state index contributed by atoms with van der Waals surface area (Å²) in [7, 11) is 1.78. The number of hydrogen-bond acceptors (Lipinski definition) is 2. The van der Waals surface area contributed by atoms with Crippen molar-refractivity contribution in [3.63, 3.8) is 0 Å². The third kappa shape index (κ3) is 3.97. The van der Waals surface area contributed by atoms with Crippen LogP contribution in [0.25, 0.3) is 0 Å². The number of ether oxygens (including phenoxy) is 1. The Hall–Kier alpha value is -0.0800. The number of hydrogen-bond donors (Lipinski definition) is 1. The molecule has 1 saturated carbocycles. The first kappa shape index (κ1) is 12.0. The fraction of sp³-hybridized carbons (Fsp3) is 1.00. The van der Waals surface area contributed by atoms with E-state index in [4.69, 9.17) is 4.74 Å². The first-order valence-electron chi connectivity index (χ1n) is 5.82. The van der Waals surface area contributed by atoms with E-state index in [1.54, 1.807) is 7.11 Å². The van der Waals surface area contributed by atoms with Crippen molar-refractivity contribution < 1.29 is 4.74 Å². The molecule has 0 radical (unpaired) electrons. The van der Waals surface area contributed by atoms with E-state index in [1.807, 2.05) is 0 Å². The minimum atomic E-state index is -0.0247. The van der Waals surface area contributed by atoms with E-state index in [2.05, 4.69) is 26.1 Å². The summed E-state index contributed by atoms with van der Waals surface area (Å²) in [6.45, 7) is 7.58. The zero-order chi connectivity index (χ0) is 10.6. The van der Waals surface area contributed by atoms with E-state index in [1.165, 1.54) is 25.7 Å². The van der Waals surface area contributed by atoms with Gasteiger partial charge >= 0.3 is 0 Å². The van der Waals surface area contributed by atoms with Gasteiger partial charge < -0.3 is 10.1 Å². The highest BCUT2D eigenvalue weighted by atomic mass is 16.5. The lowest BCUT2D eigenvalue weighted by Gasteiger charge is -2.31. The molecule has 0 saturated heterocycles. The standard InChI is InChI=1S/C12H25NO/c1-10-5-7-11(8-6-10)13-9-12(2,3)14-4/h10-11,13H,5-9H2,1-4H3. The van der Waals surface area contributed by atoms with Gasteiger partial charge in [0.15, 0.2) is 0 Å². The highest BCUT2D eigenvalue weighted by molar-refractivity contribution is 4.79. The molecule has 0 atom stereocenters. The highest BCUT2D eigenvalue weighted by Crippen LogP contribution is 2.23. The molecule has 0 amide bonds. The molecule has 0 spiro atoms. The smallest absolute Gasteiger partial charge is 0.0746 e. The van der Waals surface area contributed by atoms with Crippen LogP contribution in [0.1, 0.15) is 46.5 Å². The van der Waals surface area contributed by atoms with Gasteiger partial charge in [-0.05, 0) is 45.4 Å². The fourth-order valence-electron chi connectivity index (χ4n) is 1.93. The van der Waals surface area contributed by atoms with Gasteiger partial charge in [0.25, 0.3) is 0 Å². The van der Waals surface area contributed by atoms with Crippen molar-refractivity contribution in [3.05, 3.63) is 0 Å². The van der Waals surface area contributed by atoms with Gasteiger partial charge in [-0.2, -0.15) is 0 Å². The van der Waals surface area contributed by atoms with Crippen LogP contribution in [0.4, 0.5) is 0 Å². The fourth-order valence-corrected chi connectivity index (χ4v) is 1.93. The maximum atomic E-state index is 5.39. The molecule has 1 aliphatic rings. The topological polar surface area (TPSA) is 21.3 Å². The first-order chi connectivity index (χ1) is 6.53. The Bertz CT molecular complexity index is 160. The average molecular weight is 199 g/mol. The van der Waals surface area contributed by atoms with Crippen LogP contribution in [0.3, 0.4) is 0 Å². The molecule has 1 aliphatic carbocycles. The van der Waals surface area contributed by atoms with Gasteiger partial charge in [-0.25, -0.2) is 0 Å². The summed E-state index contributed by atoms with van der Waals surface area (Å²) in [5, 5.41) is 3.61. The maximum absolute atomic E-state index is 5.39. The van der Waals surface area contributed by atoms with Crippen LogP contribution in [0.5, 0.6) is 0 Å². The highest BCUT2D eigenvalue weighted by Gasteiger charge is 2.21. The Balaban J connectivity index is 2.19. The molecule has 1 fully saturated rings. The molecule has 1 rings (SSSR count). The minimum absolute atomic E-state index is 0.0247. The Kier molecular flexibility index (Phi) is 4.39. The van der Waals surface area contributed by atoms with Crippen LogP contribution < -0.4 is 5.32 Å². The molecule has 0 aromatic rings. The van der Waals surface area contributed by atoms with E-state index in [0.29, 0.717) is 0 Å². The Morgan fingerprint density at radius 2 is 1.79 bits per heavy atom. The molecule has 0 aromatic heterocycles. The van der Waals surface area contributed by atoms with E-state index < -0.39 is 0 Å². The van der Waals surface area contributed by atoms with Crippen molar-refractivity contribution in [1.29, 1.82) is 0 Å². The molecular formula is C12H25NO. The van der Waals surface area contributed by atoms with E-state index in [9.17, 15) is 0 Å². The second-order valence-electron chi connectivity index (χ2n) is 5.30. The van der Waals surface area contributed by atoms with Crippen molar-refractivity contribution in [2.24, 2.45) is 5.92 Å². The summed E-state index contributed by atoms with van der Waals surface area (Å²) >= 11 is 0. The van der Waals surface area contributed by atoms with Crippen molar-refractivity contribution in [2.45, 2.75) is 58.1 Å². The monoisotopic (exact) mass is 199 g/mol. The van der Waals surface area contributed by atoms with Crippen LogP contribution in [0, 0.1) is 5.92 Å². The predicted molar refractivity (Wildman–Crippen MR) is 60.5 cm³/mol. The normalized spacial score (nSPS) is 29.1. The zero-order valence-corrected chi connectivity index (χ0v) is 10.1. The largest absolute Gasteiger partial charge is 0.377 e. The van der Waals surface area contributed by atoms with Gasteiger partial charge in [0.05, 0.1) is 5.60 Å². The lowest BCUT2D eigenvalue weighted by molar-refractivity contribution is 0.0197. The Morgan fingerprint density at radius 3 is 2.29 bits per heavy atom. The summed E-state index contributed by atoms with van der Waals surface area (Å²) in [4.78, 5) is 0. The summed E-state index contributed by atoms with van der Waals surface area (Å²) in [6, 6.07) is 0.723. The molecule has 2 nitrogen and oxygen atoms in total. The summed E-state index contributed by atoms with van der Waals surface area (Å²) in [6.07, 6.45) is 5.43. The number of rotatable bonds is 4. The molecule has 14 heavy (non-hydrogen) atoms. The van der Waals surface area contributed by atoms with Crippen LogP contribution >= 0.6 is 0 Å². The quantitative estimate of drug-likeness (QED) is 0.751. The first-order valence-corrected chi connectivity index (χ1v) is 5.82. The molecule has 0 unspecified atom stereocenters. The van der Waals surface area contributed by atoms with Gasteiger partial charge in [-0.15, -0.1) is 0 Å². The van der Waals surface area contributed by atoms with E-state index >= 15 is 0 Å². The predicted octanol–water partition coefficient (Wildman–Crippen LogP) is 2.58. The molecule has 0 bridgehead atoms. The Morgan fingerprint density at radius 1 is 1.21 bits per heavy atom. The third-order valence-electron chi connectivity index (χ3n) is 3.38. The molecule has 0 aromatic carbocycles. The van der Waals surface area contributed by atoms with Gasteiger partial charge in [0.1, 0.15) is 0 Å². The van der Waals surface area contributed by atoms with Crippen LogP contribution in [-0.4, -0.2) is 25.3 Å². The van der Waals surface area contributed by atoms with E-state index in [0.717, 1.165) is 18.5 Å². The summed E-state index contributed by atoms with van der Waals surface area (Å²) in [5.41, 5.74) is -0.0247. The zero-order valence-electron chi connectivity index (χ0n) is 10.1. The Labute approximate surface area is 88.4 Å². The molecule has 1 N–H and O–H groups in total. The van der Waals surface area contributed by atoms with Crippen molar-refractivity contribution in [3.8, 4) is 0 Å². The lowest BCUT2D eigenvalue weighted by atomic mass is 9.87. The molecule has 84 valence electrons. The van der Waals surface area contributed by atoms with Gasteiger partial charge in [0.2, 0.25) is 0 Å². The van der Waals surface area contributed by atoms with Crippen molar-refractivity contribution in [2.75, 3.05) is 13.7 Å². The molecule has 0 heterocycles. The number of methoxy groups -OCH3 is 1. The molecule has 2 heteroatoms. The van der Waals surface area contributed by atoms with E-state index in [-0.39, 0.29) is 5.60 Å². The summed E-state index contributed by atoms with van der Waals surface area (Å²) in [5.74, 6) is 0.934. The van der Waals surface area contributed by atoms with Crippen LogP contribution in [-0.2, 0) is 4.74 Å². The van der Waals surface area contributed by atoms with Gasteiger partial charge in [-0.3, -0.25) is 0 Å². The lowest BCUT2D eigenvalue weighted by Crippen LogP contribution is -2.43. The van der Waals surface area contributed by atoms with Crippen LogP contribution in [0.15, 0.2) is 0 Å². The van der Waals surface area contributed by atoms with Crippen molar-refractivity contribution in [1.82, 2.24) is 5.32 Å². The number of nitrogens with one attached hydrogen (secondary N) is 1. The molecule has 0 aliphatic heterocycles. The SMILES string of the molecule is COC(C)(C)CNC1CCC(C)CC1. The third-order valence-corrected chi connectivity index (χ3v) is 3.38. The second-order valence-corrected chi connectivity index (χ2v) is 5.30. The average Bonchev–Trinajstić information content (AvgIpc) is 2.17.